The predicted octanol–water partition coefficient (Wildman–Crippen LogP) is 6.74. The van der Waals surface area contributed by atoms with Crippen LogP contribution in [-0.2, 0) is 11.2 Å². The maximum atomic E-state index is 14.5. The first kappa shape index (κ1) is 24.0. The Morgan fingerprint density at radius 1 is 1.00 bits per heavy atom. The van der Waals surface area contributed by atoms with Crippen LogP contribution in [0.15, 0.2) is 66.7 Å². The molecule has 178 valence electrons. The van der Waals surface area contributed by atoms with E-state index >= 15 is 0 Å². The van der Waals surface area contributed by atoms with Crippen LogP contribution >= 0.6 is 0 Å². The minimum absolute atomic E-state index is 0.134. The van der Waals surface area contributed by atoms with E-state index in [1.165, 1.54) is 5.56 Å². The SMILES string of the molecule is Cc1cc(F)c(NC(=O)CCCCc2ccc(Oc3ccccc3)cc2)cc1C1CCNCC1. The Morgan fingerprint density at radius 2 is 1.71 bits per heavy atom. The van der Waals surface area contributed by atoms with Crippen LogP contribution in [0.4, 0.5) is 10.1 Å². The van der Waals surface area contributed by atoms with E-state index in [4.69, 9.17) is 4.74 Å². The van der Waals surface area contributed by atoms with Crippen molar-refractivity contribution in [3.8, 4) is 11.5 Å². The highest BCUT2D eigenvalue weighted by Crippen LogP contribution is 2.31. The van der Waals surface area contributed by atoms with Crippen LogP contribution in [0.5, 0.6) is 11.5 Å². The van der Waals surface area contributed by atoms with Crippen LogP contribution in [-0.4, -0.2) is 19.0 Å². The van der Waals surface area contributed by atoms with Gasteiger partial charge in [-0.3, -0.25) is 4.79 Å². The second-order valence-electron chi connectivity index (χ2n) is 9.03. The molecule has 1 aliphatic heterocycles. The van der Waals surface area contributed by atoms with E-state index < -0.39 is 0 Å². The molecule has 1 saturated heterocycles. The van der Waals surface area contributed by atoms with Gasteiger partial charge in [0, 0.05) is 6.42 Å². The standard InChI is InChI=1S/C29H33FN2O2/c1-21-19-27(30)28(20-26(21)23-15-17-31-18-16-23)32-29(33)10-6-5-7-22-11-13-25(14-12-22)34-24-8-3-2-4-9-24/h2-4,8-9,11-14,19-20,23,31H,5-7,10,15-18H2,1H3,(H,32,33). The van der Waals surface area contributed by atoms with Crippen molar-refractivity contribution in [2.75, 3.05) is 18.4 Å². The zero-order chi connectivity index (χ0) is 23.8. The van der Waals surface area contributed by atoms with Gasteiger partial charge in [-0.15, -0.1) is 0 Å². The second kappa shape index (κ2) is 11.8. The molecule has 4 nitrogen and oxygen atoms in total. The normalized spacial score (nSPS) is 14.1. The Kier molecular flexibility index (Phi) is 8.31. The molecule has 2 N–H and O–H groups in total. The number of rotatable bonds is 9. The minimum atomic E-state index is -0.360. The monoisotopic (exact) mass is 460 g/mol. The largest absolute Gasteiger partial charge is 0.457 e. The molecule has 1 heterocycles. The number of halogens is 1. The van der Waals surface area contributed by atoms with Gasteiger partial charge in [0.1, 0.15) is 17.3 Å². The number of carbonyl (C=O) groups is 1. The summed E-state index contributed by atoms with van der Waals surface area (Å²) in [5.41, 5.74) is 3.62. The molecule has 0 atom stereocenters. The number of piperidine rings is 1. The number of para-hydroxylation sites is 1. The molecule has 1 aliphatic rings. The van der Waals surface area contributed by atoms with Gasteiger partial charge in [0.15, 0.2) is 0 Å². The summed E-state index contributed by atoms with van der Waals surface area (Å²) in [7, 11) is 0. The number of aryl methyl sites for hydroxylation is 2. The second-order valence-corrected chi connectivity index (χ2v) is 9.03. The molecule has 4 rings (SSSR count). The molecule has 34 heavy (non-hydrogen) atoms. The fourth-order valence-corrected chi connectivity index (χ4v) is 4.53. The lowest BCUT2D eigenvalue weighted by atomic mass is 9.87. The molecule has 0 spiro atoms. The molecule has 3 aromatic carbocycles. The highest BCUT2D eigenvalue weighted by atomic mass is 19.1. The van der Waals surface area contributed by atoms with E-state index in [0.29, 0.717) is 18.0 Å². The summed E-state index contributed by atoms with van der Waals surface area (Å²) in [5.74, 6) is 1.54. The molecule has 0 aliphatic carbocycles. The minimum Gasteiger partial charge on any atom is -0.457 e. The van der Waals surface area contributed by atoms with E-state index in [2.05, 4.69) is 22.8 Å². The highest BCUT2D eigenvalue weighted by Gasteiger charge is 2.19. The lowest BCUT2D eigenvalue weighted by Crippen LogP contribution is -2.27. The zero-order valence-corrected chi connectivity index (χ0v) is 19.8. The highest BCUT2D eigenvalue weighted by molar-refractivity contribution is 5.91. The average Bonchev–Trinajstić information content (AvgIpc) is 2.86. The van der Waals surface area contributed by atoms with Gasteiger partial charge in [0.2, 0.25) is 5.91 Å². The summed E-state index contributed by atoms with van der Waals surface area (Å²) in [6.45, 7) is 3.91. The van der Waals surface area contributed by atoms with Gasteiger partial charge in [-0.25, -0.2) is 4.39 Å². The fourth-order valence-electron chi connectivity index (χ4n) is 4.53. The number of anilines is 1. The molecule has 0 saturated carbocycles. The first-order valence-electron chi connectivity index (χ1n) is 12.2. The van der Waals surface area contributed by atoms with Crippen molar-refractivity contribution in [2.24, 2.45) is 0 Å². The Bertz CT molecular complexity index is 1080. The van der Waals surface area contributed by atoms with Crippen molar-refractivity contribution in [2.45, 2.75) is 51.4 Å². The van der Waals surface area contributed by atoms with Crippen molar-refractivity contribution >= 4 is 11.6 Å². The molecular weight excluding hydrogens is 427 g/mol. The van der Waals surface area contributed by atoms with E-state index in [1.807, 2.05) is 55.5 Å². The number of hydrogen-bond acceptors (Lipinski definition) is 3. The number of unbranched alkanes of at least 4 members (excludes halogenated alkanes) is 1. The summed E-state index contributed by atoms with van der Waals surface area (Å²) in [6.07, 6.45) is 4.99. The van der Waals surface area contributed by atoms with E-state index in [0.717, 1.165) is 67.8 Å². The molecule has 1 fully saturated rings. The van der Waals surface area contributed by atoms with Crippen LogP contribution in [0.3, 0.4) is 0 Å². The number of nitrogens with one attached hydrogen (secondary N) is 2. The smallest absolute Gasteiger partial charge is 0.224 e. The maximum absolute atomic E-state index is 14.5. The number of hydrogen-bond donors (Lipinski definition) is 2. The third-order valence-electron chi connectivity index (χ3n) is 6.43. The number of amides is 1. The van der Waals surface area contributed by atoms with Gasteiger partial charge in [-0.2, -0.15) is 0 Å². The van der Waals surface area contributed by atoms with Crippen molar-refractivity contribution in [1.82, 2.24) is 5.32 Å². The molecular formula is C29H33FN2O2. The van der Waals surface area contributed by atoms with Crippen LogP contribution in [0.1, 0.15) is 54.7 Å². The van der Waals surface area contributed by atoms with Crippen molar-refractivity contribution in [3.63, 3.8) is 0 Å². The maximum Gasteiger partial charge on any atom is 0.224 e. The molecule has 0 radical (unpaired) electrons. The Hall–Kier alpha value is -3.18. The molecule has 1 amide bonds. The summed E-state index contributed by atoms with van der Waals surface area (Å²) in [6, 6.07) is 21.2. The van der Waals surface area contributed by atoms with Crippen LogP contribution in [0.25, 0.3) is 0 Å². The average molecular weight is 461 g/mol. The lowest BCUT2D eigenvalue weighted by Gasteiger charge is -2.25. The van der Waals surface area contributed by atoms with E-state index in [9.17, 15) is 9.18 Å². The number of carbonyl (C=O) groups excluding carboxylic acids is 1. The van der Waals surface area contributed by atoms with Crippen LogP contribution in [0, 0.1) is 12.7 Å². The topological polar surface area (TPSA) is 50.4 Å². The lowest BCUT2D eigenvalue weighted by molar-refractivity contribution is -0.116. The van der Waals surface area contributed by atoms with Crippen LogP contribution < -0.4 is 15.4 Å². The summed E-state index contributed by atoms with van der Waals surface area (Å²) >= 11 is 0. The summed E-state index contributed by atoms with van der Waals surface area (Å²) in [5, 5.41) is 6.17. The Balaban J connectivity index is 1.23. The van der Waals surface area contributed by atoms with Crippen LogP contribution in [0.2, 0.25) is 0 Å². The molecule has 0 unspecified atom stereocenters. The third-order valence-corrected chi connectivity index (χ3v) is 6.43. The summed E-state index contributed by atoms with van der Waals surface area (Å²) in [4.78, 5) is 12.5. The molecule has 0 bridgehead atoms. The van der Waals surface area contributed by atoms with Gasteiger partial charge in [0.05, 0.1) is 5.69 Å². The number of ether oxygens (including phenoxy) is 1. The van der Waals surface area contributed by atoms with Gasteiger partial charge < -0.3 is 15.4 Å². The zero-order valence-electron chi connectivity index (χ0n) is 19.8. The Labute approximate surface area is 201 Å². The van der Waals surface area contributed by atoms with Crippen molar-refractivity contribution < 1.29 is 13.9 Å². The number of benzene rings is 3. The quantitative estimate of drug-likeness (QED) is 0.348. The van der Waals surface area contributed by atoms with Crippen molar-refractivity contribution in [1.29, 1.82) is 0 Å². The first-order chi connectivity index (χ1) is 16.6. The third kappa shape index (κ3) is 6.67. The van der Waals surface area contributed by atoms with Gasteiger partial charge in [0.25, 0.3) is 0 Å². The Morgan fingerprint density at radius 3 is 2.44 bits per heavy atom. The molecule has 0 aromatic heterocycles. The van der Waals surface area contributed by atoms with Gasteiger partial charge >= 0.3 is 0 Å². The first-order valence-corrected chi connectivity index (χ1v) is 12.2. The predicted molar refractivity (Wildman–Crippen MR) is 135 cm³/mol. The van der Waals surface area contributed by atoms with Gasteiger partial charge in [-0.05, 0) is 111 Å². The molecule has 5 heteroatoms. The fraction of sp³-hybridized carbons (Fsp3) is 0.345. The molecule has 3 aromatic rings. The van der Waals surface area contributed by atoms with Gasteiger partial charge in [-0.1, -0.05) is 30.3 Å². The van der Waals surface area contributed by atoms with E-state index in [-0.39, 0.29) is 11.7 Å². The van der Waals surface area contributed by atoms with E-state index in [1.54, 1.807) is 6.07 Å². The van der Waals surface area contributed by atoms with Crippen molar-refractivity contribution in [3.05, 3.63) is 89.2 Å². The summed E-state index contributed by atoms with van der Waals surface area (Å²) < 4.78 is 20.3.